The van der Waals surface area contributed by atoms with Crippen molar-refractivity contribution in [3.8, 4) is 0 Å². The lowest BCUT2D eigenvalue weighted by Crippen LogP contribution is -2.53. The van der Waals surface area contributed by atoms with Gasteiger partial charge in [-0.3, -0.25) is 14.6 Å². The number of primary amides is 1. The van der Waals surface area contributed by atoms with Crippen molar-refractivity contribution in [3.05, 3.63) is 11.8 Å². The summed E-state index contributed by atoms with van der Waals surface area (Å²) in [5.74, 6) is -0.759. The van der Waals surface area contributed by atoms with Crippen LogP contribution >= 0.6 is 0 Å². The van der Waals surface area contributed by atoms with Crippen molar-refractivity contribution < 1.29 is 14.4 Å². The molecule has 0 spiro atoms. The molecule has 90 valence electrons. The Morgan fingerprint density at radius 3 is 2.82 bits per heavy atom. The molecule has 3 N–H and O–H groups in total. The van der Waals surface area contributed by atoms with Crippen LogP contribution in [0.3, 0.4) is 0 Å². The molecule has 0 saturated heterocycles. The third-order valence-corrected chi connectivity index (χ3v) is 2.36. The van der Waals surface area contributed by atoms with Gasteiger partial charge in [0.25, 0.3) is 5.91 Å². The Bertz CT molecular complexity index is 442. The fourth-order valence-corrected chi connectivity index (χ4v) is 1.61. The first-order valence-electron chi connectivity index (χ1n) is 4.97. The molecule has 0 atom stereocenters. The second-order valence-electron chi connectivity index (χ2n) is 3.57. The molecule has 8 nitrogen and oxygen atoms in total. The van der Waals surface area contributed by atoms with Gasteiger partial charge in [-0.1, -0.05) is 0 Å². The lowest BCUT2D eigenvalue weighted by Gasteiger charge is -2.27. The number of amides is 3. The summed E-state index contributed by atoms with van der Waals surface area (Å²) in [4.78, 5) is 39.5. The van der Waals surface area contributed by atoms with Crippen LogP contribution in [0.4, 0.5) is 4.79 Å². The average molecular weight is 237 g/mol. The van der Waals surface area contributed by atoms with Gasteiger partial charge in [0.2, 0.25) is 5.78 Å². The molecular weight excluding hydrogens is 226 g/mol. The minimum atomic E-state index is -0.884. The lowest BCUT2D eigenvalue weighted by molar-refractivity contribution is -0.134. The van der Waals surface area contributed by atoms with Crippen molar-refractivity contribution in [3.63, 3.8) is 0 Å². The van der Waals surface area contributed by atoms with Gasteiger partial charge in [-0.25, -0.2) is 15.2 Å². The van der Waals surface area contributed by atoms with Gasteiger partial charge in [0.1, 0.15) is 6.54 Å². The van der Waals surface area contributed by atoms with Crippen molar-refractivity contribution in [1.82, 2.24) is 15.3 Å². The van der Waals surface area contributed by atoms with Crippen LogP contribution in [0.1, 0.15) is 0 Å². The van der Waals surface area contributed by atoms with E-state index in [2.05, 4.69) is 10.4 Å². The van der Waals surface area contributed by atoms with E-state index in [4.69, 9.17) is 5.73 Å². The van der Waals surface area contributed by atoms with Gasteiger partial charge in [-0.05, 0) is 0 Å². The Labute approximate surface area is 96.7 Å². The molecule has 0 aromatic heterocycles. The summed E-state index contributed by atoms with van der Waals surface area (Å²) in [6, 6.07) is -0.884. The Morgan fingerprint density at radius 2 is 2.24 bits per heavy atom. The summed E-state index contributed by atoms with van der Waals surface area (Å²) in [6.07, 6.45) is 2.69. The average Bonchev–Trinajstić information content (AvgIpc) is 2.75. The zero-order chi connectivity index (χ0) is 12.4. The number of hydrazine groups is 1. The highest BCUT2D eigenvalue weighted by Gasteiger charge is 2.29. The number of hydrogen-bond donors (Lipinski definition) is 2. The number of Topliss-reactive ketones (excluding diaryl/α,β-unsaturated/α-hetero) is 1. The van der Waals surface area contributed by atoms with E-state index >= 15 is 0 Å². The predicted octanol–water partition coefficient (Wildman–Crippen LogP) is -1.79. The predicted molar refractivity (Wildman–Crippen MR) is 57.6 cm³/mol. The molecule has 17 heavy (non-hydrogen) atoms. The van der Waals surface area contributed by atoms with Gasteiger partial charge < -0.3 is 10.6 Å². The number of hydrogen-bond acceptors (Lipinski definition) is 5. The SMILES string of the molecule is NC(=O)NN1CC(=O)C(N2C=NCC2)=CC1=O. The lowest BCUT2D eigenvalue weighted by atomic mass is 10.2. The number of carbonyl (C=O) groups is 3. The number of urea groups is 1. The molecule has 0 aromatic carbocycles. The van der Waals surface area contributed by atoms with E-state index in [0.29, 0.717) is 18.8 Å². The highest BCUT2D eigenvalue weighted by molar-refractivity contribution is 6.09. The molecule has 0 aromatic rings. The minimum Gasteiger partial charge on any atom is -0.350 e. The van der Waals surface area contributed by atoms with Crippen molar-refractivity contribution in [2.45, 2.75) is 0 Å². The molecule has 0 aliphatic carbocycles. The zero-order valence-electron chi connectivity index (χ0n) is 8.92. The molecule has 2 aliphatic rings. The molecular formula is C9H11N5O3. The maximum Gasteiger partial charge on any atom is 0.331 e. The third-order valence-electron chi connectivity index (χ3n) is 2.36. The van der Waals surface area contributed by atoms with Crippen LogP contribution in [0.15, 0.2) is 16.8 Å². The molecule has 0 saturated carbocycles. The minimum absolute atomic E-state index is 0.224. The number of ketones is 1. The Balaban J connectivity index is 2.15. The number of rotatable bonds is 2. The van der Waals surface area contributed by atoms with E-state index in [1.165, 1.54) is 12.4 Å². The first-order valence-corrected chi connectivity index (χ1v) is 4.97. The molecule has 2 aliphatic heterocycles. The summed E-state index contributed by atoms with van der Waals surface area (Å²) in [5.41, 5.74) is 7.25. The summed E-state index contributed by atoms with van der Waals surface area (Å²) < 4.78 is 0. The number of nitrogens with zero attached hydrogens (tertiary/aromatic N) is 3. The number of nitrogens with one attached hydrogen (secondary N) is 1. The molecule has 0 fully saturated rings. The quantitative estimate of drug-likeness (QED) is 0.591. The maximum absolute atomic E-state index is 11.8. The van der Waals surface area contributed by atoms with Gasteiger partial charge in [-0.15, -0.1) is 0 Å². The highest BCUT2D eigenvalue weighted by atomic mass is 16.2. The zero-order valence-corrected chi connectivity index (χ0v) is 8.92. The second kappa shape index (κ2) is 4.24. The number of carbonyl (C=O) groups excluding carboxylic acids is 3. The van der Waals surface area contributed by atoms with Crippen LogP contribution in [0.5, 0.6) is 0 Å². The van der Waals surface area contributed by atoms with E-state index in [9.17, 15) is 14.4 Å². The molecule has 2 heterocycles. The summed E-state index contributed by atoms with van der Waals surface area (Å²) in [6.45, 7) is 0.952. The summed E-state index contributed by atoms with van der Waals surface area (Å²) >= 11 is 0. The van der Waals surface area contributed by atoms with Crippen LogP contribution in [-0.4, -0.2) is 53.6 Å². The first kappa shape index (κ1) is 11.1. The summed E-state index contributed by atoms with van der Waals surface area (Å²) in [7, 11) is 0. The van der Waals surface area contributed by atoms with E-state index in [1.807, 2.05) is 0 Å². The van der Waals surface area contributed by atoms with Crippen LogP contribution < -0.4 is 11.2 Å². The molecule has 2 rings (SSSR count). The Kier molecular flexibility index (Phi) is 2.77. The van der Waals surface area contributed by atoms with E-state index in [1.54, 1.807) is 4.90 Å². The standard InChI is InChI=1S/C9H11N5O3/c10-9(17)12-14-4-7(15)6(3-8(14)16)13-2-1-11-5-13/h3,5H,1-2,4H2,(H3,10,12,17). The van der Waals surface area contributed by atoms with Crippen LogP contribution in [0, 0.1) is 0 Å². The number of nitrogens with two attached hydrogens (primary N) is 1. The fraction of sp³-hybridized carbons (Fsp3) is 0.333. The molecule has 0 unspecified atom stereocenters. The summed E-state index contributed by atoms with van der Waals surface area (Å²) in [5, 5.41) is 0.876. The van der Waals surface area contributed by atoms with Gasteiger partial charge in [0.05, 0.1) is 18.6 Å². The van der Waals surface area contributed by atoms with Crippen molar-refractivity contribution >= 4 is 24.1 Å². The maximum atomic E-state index is 11.8. The molecule has 0 bridgehead atoms. The van der Waals surface area contributed by atoms with Gasteiger partial charge >= 0.3 is 6.03 Å². The van der Waals surface area contributed by atoms with Crippen molar-refractivity contribution in [1.29, 1.82) is 0 Å². The Hall–Kier alpha value is -2.38. The largest absolute Gasteiger partial charge is 0.350 e. The number of aliphatic imine (C=N–C) groups is 1. The Morgan fingerprint density at radius 1 is 1.47 bits per heavy atom. The van der Waals surface area contributed by atoms with Gasteiger partial charge in [0, 0.05) is 12.6 Å². The fourth-order valence-electron chi connectivity index (χ4n) is 1.61. The van der Waals surface area contributed by atoms with E-state index in [0.717, 1.165) is 5.01 Å². The smallest absolute Gasteiger partial charge is 0.331 e. The van der Waals surface area contributed by atoms with E-state index in [-0.39, 0.29) is 12.3 Å². The van der Waals surface area contributed by atoms with Crippen molar-refractivity contribution in [2.75, 3.05) is 19.6 Å². The highest BCUT2D eigenvalue weighted by Crippen LogP contribution is 2.12. The van der Waals surface area contributed by atoms with E-state index < -0.39 is 11.9 Å². The van der Waals surface area contributed by atoms with Gasteiger partial charge in [-0.2, -0.15) is 0 Å². The van der Waals surface area contributed by atoms with Crippen LogP contribution in [-0.2, 0) is 9.59 Å². The van der Waals surface area contributed by atoms with Crippen molar-refractivity contribution in [2.24, 2.45) is 10.7 Å². The molecule has 3 amide bonds. The third kappa shape index (κ3) is 2.25. The monoisotopic (exact) mass is 237 g/mol. The molecule has 8 heteroatoms. The van der Waals surface area contributed by atoms with Crippen LogP contribution in [0.25, 0.3) is 0 Å². The second-order valence-corrected chi connectivity index (χ2v) is 3.57. The molecule has 0 radical (unpaired) electrons. The topological polar surface area (TPSA) is 108 Å². The normalized spacial score (nSPS) is 19.6. The first-order chi connectivity index (χ1) is 8.08. The van der Waals surface area contributed by atoms with Gasteiger partial charge in [0.15, 0.2) is 0 Å². The van der Waals surface area contributed by atoms with Crippen LogP contribution in [0.2, 0.25) is 0 Å².